The van der Waals surface area contributed by atoms with Crippen LogP contribution < -0.4 is 0 Å². The Labute approximate surface area is 65.4 Å². The van der Waals surface area contributed by atoms with E-state index in [9.17, 15) is 4.79 Å². The van der Waals surface area contributed by atoms with E-state index in [2.05, 4.69) is 15.9 Å². The van der Waals surface area contributed by atoms with Crippen LogP contribution in [0.25, 0.3) is 0 Å². The zero-order chi connectivity index (χ0) is 7.86. The summed E-state index contributed by atoms with van der Waals surface area (Å²) in [6.45, 7) is 4.00. The third-order valence-corrected chi connectivity index (χ3v) is 1.09. The SMILES string of the molecule is CC.CN(C)C(=O)CBr. The largest absolute Gasteiger partial charge is 0.348 e. The number of carbonyl (C=O) groups excluding carboxylic acids is 1. The summed E-state index contributed by atoms with van der Waals surface area (Å²) in [6, 6.07) is 0. The van der Waals surface area contributed by atoms with Gasteiger partial charge >= 0.3 is 0 Å². The van der Waals surface area contributed by atoms with E-state index in [1.165, 1.54) is 4.90 Å². The molecular weight excluding hydrogens is 182 g/mol. The maximum absolute atomic E-state index is 10.4. The lowest BCUT2D eigenvalue weighted by molar-refractivity contribution is -0.125. The Morgan fingerprint density at radius 1 is 1.44 bits per heavy atom. The molecule has 0 aliphatic rings. The minimum atomic E-state index is 0.0972. The molecule has 0 saturated heterocycles. The van der Waals surface area contributed by atoms with Gasteiger partial charge in [0.25, 0.3) is 0 Å². The van der Waals surface area contributed by atoms with Crippen molar-refractivity contribution in [1.29, 1.82) is 0 Å². The molecule has 0 saturated carbocycles. The van der Waals surface area contributed by atoms with Gasteiger partial charge in [-0.15, -0.1) is 0 Å². The molecule has 0 atom stereocenters. The zero-order valence-corrected chi connectivity index (χ0v) is 8.03. The lowest BCUT2D eigenvalue weighted by atomic mass is 10.6. The second-order valence-electron chi connectivity index (χ2n) is 1.42. The molecule has 1 amide bonds. The molecule has 0 heterocycles. The molecule has 0 spiro atoms. The predicted molar refractivity (Wildman–Crippen MR) is 43.8 cm³/mol. The van der Waals surface area contributed by atoms with E-state index >= 15 is 0 Å². The van der Waals surface area contributed by atoms with E-state index < -0.39 is 0 Å². The van der Waals surface area contributed by atoms with Gasteiger partial charge in [-0.3, -0.25) is 4.79 Å². The Balaban J connectivity index is 0. The molecule has 0 aromatic carbocycles. The Hall–Kier alpha value is -0.0500. The summed E-state index contributed by atoms with van der Waals surface area (Å²) in [6.07, 6.45) is 0. The second-order valence-corrected chi connectivity index (χ2v) is 1.98. The standard InChI is InChI=1S/C4H8BrNO.C2H6/c1-6(2)4(7)3-5;1-2/h3H2,1-2H3;1-2H3. The molecule has 0 aromatic rings. The van der Waals surface area contributed by atoms with Gasteiger partial charge < -0.3 is 4.90 Å². The van der Waals surface area contributed by atoms with E-state index in [-0.39, 0.29) is 5.91 Å². The predicted octanol–water partition coefficient (Wildman–Crippen LogP) is 1.50. The molecule has 0 rings (SSSR count). The summed E-state index contributed by atoms with van der Waals surface area (Å²) >= 11 is 3.02. The van der Waals surface area contributed by atoms with E-state index in [0.717, 1.165) is 0 Å². The van der Waals surface area contributed by atoms with Crippen LogP contribution in [-0.4, -0.2) is 30.2 Å². The summed E-state index contributed by atoms with van der Waals surface area (Å²) in [4.78, 5) is 11.9. The van der Waals surface area contributed by atoms with Crippen molar-refractivity contribution in [1.82, 2.24) is 4.90 Å². The van der Waals surface area contributed by atoms with E-state index in [0.29, 0.717) is 5.33 Å². The van der Waals surface area contributed by atoms with E-state index in [1.54, 1.807) is 14.1 Å². The van der Waals surface area contributed by atoms with Crippen LogP contribution in [0.5, 0.6) is 0 Å². The number of hydrogen-bond donors (Lipinski definition) is 0. The number of amides is 1. The number of carbonyl (C=O) groups is 1. The maximum atomic E-state index is 10.4. The van der Waals surface area contributed by atoms with Gasteiger partial charge in [0.15, 0.2) is 0 Å². The van der Waals surface area contributed by atoms with Gasteiger partial charge in [0.1, 0.15) is 0 Å². The summed E-state index contributed by atoms with van der Waals surface area (Å²) < 4.78 is 0. The van der Waals surface area contributed by atoms with Crippen LogP contribution in [0.4, 0.5) is 0 Å². The highest BCUT2D eigenvalue weighted by Crippen LogP contribution is 1.83. The number of rotatable bonds is 1. The van der Waals surface area contributed by atoms with Gasteiger partial charge in [0.05, 0.1) is 5.33 Å². The van der Waals surface area contributed by atoms with Crippen molar-refractivity contribution in [2.24, 2.45) is 0 Å². The fourth-order valence-electron chi connectivity index (χ4n) is 0.120. The minimum Gasteiger partial charge on any atom is -0.348 e. The zero-order valence-electron chi connectivity index (χ0n) is 6.44. The normalized spacial score (nSPS) is 7.22. The molecular formula is C6H14BrNO. The highest BCUT2D eigenvalue weighted by molar-refractivity contribution is 9.09. The van der Waals surface area contributed by atoms with E-state index in [4.69, 9.17) is 0 Å². The van der Waals surface area contributed by atoms with Crippen molar-refractivity contribution in [3.63, 3.8) is 0 Å². The lowest BCUT2D eigenvalue weighted by Crippen LogP contribution is -2.22. The fraction of sp³-hybridized carbons (Fsp3) is 0.833. The summed E-state index contributed by atoms with van der Waals surface area (Å²) in [5.74, 6) is 0.0972. The van der Waals surface area contributed by atoms with Gasteiger partial charge in [0, 0.05) is 14.1 Å². The van der Waals surface area contributed by atoms with Crippen molar-refractivity contribution < 1.29 is 4.79 Å². The van der Waals surface area contributed by atoms with Crippen molar-refractivity contribution in [3.8, 4) is 0 Å². The van der Waals surface area contributed by atoms with Crippen LogP contribution in [0.15, 0.2) is 0 Å². The molecule has 0 radical (unpaired) electrons. The summed E-state index contributed by atoms with van der Waals surface area (Å²) in [7, 11) is 3.45. The molecule has 0 fully saturated rings. The van der Waals surface area contributed by atoms with Crippen molar-refractivity contribution >= 4 is 21.8 Å². The minimum absolute atomic E-state index is 0.0972. The quantitative estimate of drug-likeness (QED) is 0.582. The topological polar surface area (TPSA) is 20.3 Å². The van der Waals surface area contributed by atoms with Gasteiger partial charge in [-0.25, -0.2) is 0 Å². The molecule has 56 valence electrons. The first-order valence-corrected chi connectivity index (χ1v) is 4.06. The first kappa shape index (κ1) is 11.7. The van der Waals surface area contributed by atoms with Crippen LogP contribution in [0.2, 0.25) is 0 Å². The van der Waals surface area contributed by atoms with Crippen molar-refractivity contribution in [2.45, 2.75) is 13.8 Å². The Kier molecular flexibility index (Phi) is 10.3. The lowest BCUT2D eigenvalue weighted by Gasteiger charge is -2.05. The molecule has 0 bridgehead atoms. The Morgan fingerprint density at radius 3 is 1.78 bits per heavy atom. The molecule has 2 nitrogen and oxygen atoms in total. The highest BCUT2D eigenvalue weighted by atomic mass is 79.9. The van der Waals surface area contributed by atoms with Crippen LogP contribution in [0.3, 0.4) is 0 Å². The van der Waals surface area contributed by atoms with Crippen LogP contribution in [-0.2, 0) is 4.79 Å². The molecule has 0 unspecified atom stereocenters. The summed E-state index contributed by atoms with van der Waals surface area (Å²) in [5, 5.41) is 0.417. The van der Waals surface area contributed by atoms with Crippen LogP contribution in [0.1, 0.15) is 13.8 Å². The van der Waals surface area contributed by atoms with Gasteiger partial charge in [-0.2, -0.15) is 0 Å². The number of hydrogen-bond acceptors (Lipinski definition) is 1. The van der Waals surface area contributed by atoms with Gasteiger partial charge in [0.2, 0.25) is 5.91 Å². The molecule has 0 aliphatic heterocycles. The van der Waals surface area contributed by atoms with Gasteiger partial charge in [-0.1, -0.05) is 29.8 Å². The number of alkyl halides is 1. The molecule has 0 aromatic heterocycles. The molecule has 3 heteroatoms. The number of halogens is 1. The van der Waals surface area contributed by atoms with E-state index in [1.807, 2.05) is 13.8 Å². The van der Waals surface area contributed by atoms with Crippen molar-refractivity contribution in [3.05, 3.63) is 0 Å². The first-order valence-electron chi connectivity index (χ1n) is 2.94. The molecule has 0 N–H and O–H groups in total. The average Bonchev–Trinajstić information content (AvgIpc) is 1.91. The van der Waals surface area contributed by atoms with Crippen LogP contribution in [0, 0.1) is 0 Å². The molecule has 9 heavy (non-hydrogen) atoms. The van der Waals surface area contributed by atoms with Gasteiger partial charge in [-0.05, 0) is 0 Å². The third-order valence-electron chi connectivity index (χ3n) is 0.613. The van der Waals surface area contributed by atoms with Crippen LogP contribution >= 0.6 is 15.9 Å². The van der Waals surface area contributed by atoms with Crippen molar-refractivity contribution in [2.75, 3.05) is 19.4 Å². The third kappa shape index (κ3) is 7.95. The first-order chi connectivity index (χ1) is 4.18. The average molecular weight is 196 g/mol. The highest BCUT2D eigenvalue weighted by Gasteiger charge is 1.96. The monoisotopic (exact) mass is 195 g/mol. The Bertz CT molecular complexity index is 73.5. The second kappa shape index (κ2) is 7.95. The Morgan fingerprint density at radius 2 is 1.78 bits per heavy atom. The fourth-order valence-corrected chi connectivity index (χ4v) is 0.621. The smallest absolute Gasteiger partial charge is 0.232 e. The summed E-state index contributed by atoms with van der Waals surface area (Å²) in [5.41, 5.74) is 0. The maximum Gasteiger partial charge on any atom is 0.232 e. The molecule has 0 aliphatic carbocycles. The number of nitrogens with zero attached hydrogens (tertiary/aromatic N) is 1.